The average molecular weight is 242 g/mol. The van der Waals surface area contributed by atoms with E-state index >= 15 is 0 Å². The van der Waals surface area contributed by atoms with Gasteiger partial charge in [0, 0.05) is 24.3 Å². The van der Waals surface area contributed by atoms with Crippen molar-refractivity contribution in [1.29, 1.82) is 0 Å². The lowest BCUT2D eigenvalue weighted by atomic mass is 9.99. The van der Waals surface area contributed by atoms with Gasteiger partial charge in [0.1, 0.15) is 0 Å². The van der Waals surface area contributed by atoms with Crippen LogP contribution in [0.4, 0.5) is 0 Å². The maximum Gasteiger partial charge on any atom is 0.0457 e. The van der Waals surface area contributed by atoms with Crippen molar-refractivity contribution in [3.05, 3.63) is 36.0 Å². The minimum Gasteiger partial charge on any atom is -0.361 e. The van der Waals surface area contributed by atoms with E-state index in [0.29, 0.717) is 6.04 Å². The van der Waals surface area contributed by atoms with E-state index in [0.717, 1.165) is 12.5 Å². The molecular weight excluding hydrogens is 220 g/mol. The lowest BCUT2D eigenvalue weighted by Crippen LogP contribution is -2.31. The molecule has 2 N–H and O–H groups in total. The van der Waals surface area contributed by atoms with Gasteiger partial charge in [-0.3, -0.25) is 0 Å². The molecule has 18 heavy (non-hydrogen) atoms. The van der Waals surface area contributed by atoms with Gasteiger partial charge in [-0.05, 0) is 48.8 Å². The summed E-state index contributed by atoms with van der Waals surface area (Å²) in [4.78, 5) is 3.27. The summed E-state index contributed by atoms with van der Waals surface area (Å²) in [5.74, 6) is 0.888. The molecule has 1 aromatic heterocycles. The Morgan fingerprint density at radius 3 is 2.94 bits per heavy atom. The van der Waals surface area contributed by atoms with Gasteiger partial charge < -0.3 is 10.3 Å². The van der Waals surface area contributed by atoms with Crippen LogP contribution in [0, 0.1) is 5.92 Å². The SMILES string of the molecule is CC(NCc1ccc2cc[nH]c2c1)C1CCCC1. The number of H-pyrrole nitrogens is 1. The summed E-state index contributed by atoms with van der Waals surface area (Å²) in [6.45, 7) is 3.32. The first kappa shape index (κ1) is 11.8. The van der Waals surface area contributed by atoms with E-state index in [2.05, 4.69) is 41.5 Å². The monoisotopic (exact) mass is 242 g/mol. The molecule has 0 radical (unpaired) electrons. The molecule has 1 saturated carbocycles. The van der Waals surface area contributed by atoms with Crippen molar-refractivity contribution in [2.24, 2.45) is 5.92 Å². The Hall–Kier alpha value is -1.28. The number of hydrogen-bond donors (Lipinski definition) is 2. The Kier molecular flexibility index (Phi) is 3.37. The van der Waals surface area contributed by atoms with Gasteiger partial charge in [0.05, 0.1) is 0 Å². The minimum atomic E-state index is 0.645. The van der Waals surface area contributed by atoms with Crippen LogP contribution >= 0.6 is 0 Å². The van der Waals surface area contributed by atoms with Crippen molar-refractivity contribution in [2.45, 2.75) is 45.2 Å². The predicted molar refractivity (Wildman–Crippen MR) is 76.6 cm³/mol. The average Bonchev–Trinajstić information content (AvgIpc) is 3.05. The third kappa shape index (κ3) is 2.44. The summed E-state index contributed by atoms with van der Waals surface area (Å²) < 4.78 is 0. The van der Waals surface area contributed by atoms with E-state index in [1.807, 2.05) is 6.20 Å². The first-order chi connectivity index (χ1) is 8.83. The second-order valence-corrected chi connectivity index (χ2v) is 5.61. The molecule has 3 rings (SSSR count). The second-order valence-electron chi connectivity index (χ2n) is 5.61. The highest BCUT2D eigenvalue weighted by molar-refractivity contribution is 5.79. The van der Waals surface area contributed by atoms with E-state index in [1.54, 1.807) is 0 Å². The highest BCUT2D eigenvalue weighted by Gasteiger charge is 2.20. The standard InChI is InChI=1S/C16H22N2/c1-12(14-4-2-3-5-14)18-11-13-6-7-15-8-9-17-16(15)10-13/h6-10,12,14,17-18H,2-5,11H2,1H3. The van der Waals surface area contributed by atoms with Gasteiger partial charge in [0.2, 0.25) is 0 Å². The van der Waals surface area contributed by atoms with Gasteiger partial charge >= 0.3 is 0 Å². The van der Waals surface area contributed by atoms with Crippen LogP contribution in [0.15, 0.2) is 30.5 Å². The van der Waals surface area contributed by atoms with Crippen molar-refractivity contribution < 1.29 is 0 Å². The maximum absolute atomic E-state index is 3.68. The van der Waals surface area contributed by atoms with E-state index in [9.17, 15) is 0 Å². The molecule has 1 heterocycles. The first-order valence-corrected chi connectivity index (χ1v) is 7.12. The van der Waals surface area contributed by atoms with Crippen LogP contribution in [0.25, 0.3) is 10.9 Å². The van der Waals surface area contributed by atoms with Crippen LogP contribution in [-0.2, 0) is 6.54 Å². The molecule has 1 atom stereocenters. The molecule has 96 valence electrons. The van der Waals surface area contributed by atoms with Crippen molar-refractivity contribution in [1.82, 2.24) is 10.3 Å². The molecular formula is C16H22N2. The largest absolute Gasteiger partial charge is 0.361 e. The van der Waals surface area contributed by atoms with Crippen LogP contribution < -0.4 is 5.32 Å². The number of nitrogens with one attached hydrogen (secondary N) is 2. The Bertz CT molecular complexity index is 509. The highest BCUT2D eigenvalue weighted by Crippen LogP contribution is 2.27. The third-order valence-corrected chi connectivity index (χ3v) is 4.35. The molecule has 0 saturated heterocycles. The van der Waals surface area contributed by atoms with E-state index in [4.69, 9.17) is 0 Å². The van der Waals surface area contributed by atoms with Crippen LogP contribution in [0.2, 0.25) is 0 Å². The van der Waals surface area contributed by atoms with E-state index < -0.39 is 0 Å². The number of rotatable bonds is 4. The molecule has 0 spiro atoms. The highest BCUT2D eigenvalue weighted by atomic mass is 14.9. The zero-order valence-electron chi connectivity index (χ0n) is 11.1. The van der Waals surface area contributed by atoms with Crippen molar-refractivity contribution in [2.75, 3.05) is 0 Å². The molecule has 0 aliphatic heterocycles. The van der Waals surface area contributed by atoms with Gasteiger partial charge in [-0.1, -0.05) is 25.0 Å². The predicted octanol–water partition coefficient (Wildman–Crippen LogP) is 3.84. The summed E-state index contributed by atoms with van der Waals surface area (Å²) in [5.41, 5.74) is 2.61. The Morgan fingerprint density at radius 1 is 1.28 bits per heavy atom. The van der Waals surface area contributed by atoms with E-state index in [1.165, 1.54) is 42.1 Å². The summed E-state index contributed by atoms with van der Waals surface area (Å²) in [7, 11) is 0. The smallest absolute Gasteiger partial charge is 0.0457 e. The van der Waals surface area contributed by atoms with Crippen LogP contribution in [0.3, 0.4) is 0 Å². The van der Waals surface area contributed by atoms with E-state index in [-0.39, 0.29) is 0 Å². The molecule has 2 heteroatoms. The summed E-state index contributed by atoms with van der Waals surface area (Å²) in [5, 5.41) is 4.98. The number of hydrogen-bond acceptors (Lipinski definition) is 1. The molecule has 1 aromatic carbocycles. The summed E-state index contributed by atoms with van der Waals surface area (Å²) >= 11 is 0. The number of benzene rings is 1. The van der Waals surface area contributed by atoms with Gasteiger partial charge in [0.15, 0.2) is 0 Å². The second kappa shape index (κ2) is 5.15. The fourth-order valence-electron chi connectivity index (χ4n) is 3.11. The number of fused-ring (bicyclic) bond motifs is 1. The Balaban J connectivity index is 1.61. The topological polar surface area (TPSA) is 27.8 Å². The Labute approximate surface area is 109 Å². The van der Waals surface area contributed by atoms with Crippen LogP contribution in [0.5, 0.6) is 0 Å². The molecule has 1 fully saturated rings. The maximum atomic E-state index is 3.68. The van der Waals surface area contributed by atoms with Gasteiger partial charge in [-0.25, -0.2) is 0 Å². The lowest BCUT2D eigenvalue weighted by molar-refractivity contribution is 0.380. The lowest BCUT2D eigenvalue weighted by Gasteiger charge is -2.20. The first-order valence-electron chi connectivity index (χ1n) is 7.12. The summed E-state index contributed by atoms with van der Waals surface area (Å²) in [6, 6.07) is 9.44. The Morgan fingerprint density at radius 2 is 2.11 bits per heavy atom. The molecule has 0 amide bonds. The fourth-order valence-corrected chi connectivity index (χ4v) is 3.11. The van der Waals surface area contributed by atoms with Crippen molar-refractivity contribution in [3.63, 3.8) is 0 Å². The summed E-state index contributed by atoms with van der Waals surface area (Å²) in [6.07, 6.45) is 7.66. The zero-order chi connectivity index (χ0) is 12.4. The fraction of sp³-hybridized carbons (Fsp3) is 0.500. The van der Waals surface area contributed by atoms with Gasteiger partial charge in [0.25, 0.3) is 0 Å². The zero-order valence-corrected chi connectivity index (χ0v) is 11.1. The molecule has 0 bridgehead atoms. The molecule has 1 aliphatic rings. The number of aromatic nitrogens is 1. The van der Waals surface area contributed by atoms with Crippen molar-refractivity contribution >= 4 is 10.9 Å². The van der Waals surface area contributed by atoms with Crippen LogP contribution in [-0.4, -0.2) is 11.0 Å². The minimum absolute atomic E-state index is 0.645. The molecule has 2 aromatic rings. The number of aromatic amines is 1. The molecule has 1 unspecified atom stereocenters. The van der Waals surface area contributed by atoms with Crippen LogP contribution in [0.1, 0.15) is 38.2 Å². The van der Waals surface area contributed by atoms with Gasteiger partial charge in [-0.2, -0.15) is 0 Å². The van der Waals surface area contributed by atoms with Gasteiger partial charge in [-0.15, -0.1) is 0 Å². The normalized spacial score (nSPS) is 18.5. The quantitative estimate of drug-likeness (QED) is 0.837. The third-order valence-electron chi connectivity index (χ3n) is 4.35. The molecule has 2 nitrogen and oxygen atoms in total. The van der Waals surface area contributed by atoms with Crippen molar-refractivity contribution in [3.8, 4) is 0 Å². The molecule has 1 aliphatic carbocycles.